The van der Waals surface area contributed by atoms with E-state index in [0.717, 1.165) is 0 Å². The van der Waals surface area contributed by atoms with Crippen molar-refractivity contribution in [1.29, 1.82) is 0 Å². The van der Waals surface area contributed by atoms with Crippen LogP contribution in [0.3, 0.4) is 0 Å². The van der Waals surface area contributed by atoms with Gasteiger partial charge in [0.1, 0.15) is 18.0 Å². The molecule has 0 saturated heterocycles. The molecule has 0 bridgehead atoms. The largest absolute Gasteiger partial charge is 0.497 e. The predicted octanol–water partition coefficient (Wildman–Crippen LogP) is 2.85. The molecule has 0 atom stereocenters. The van der Waals surface area contributed by atoms with Crippen molar-refractivity contribution in [1.82, 2.24) is 5.32 Å². The molecule has 9 nitrogen and oxygen atoms in total. The standard InChI is InChI=1S/C26H24N2O7/c1-33-19-12-18(13-20(14-19)34-2)26(32)27-15-24(30)35-16-23(29)28-22-11-7-6-10-21(22)25(31)17-8-4-3-5-9-17/h3-14H,15-16H2,1-2H3,(H,27,32)(H,28,29). The minimum Gasteiger partial charge on any atom is -0.497 e. The molecule has 180 valence electrons. The molecule has 0 spiro atoms. The van der Waals surface area contributed by atoms with E-state index in [-0.39, 0.29) is 11.3 Å². The molecule has 9 heteroatoms. The number of hydrogen-bond acceptors (Lipinski definition) is 7. The number of benzene rings is 3. The van der Waals surface area contributed by atoms with Crippen LogP contribution in [0.4, 0.5) is 5.69 Å². The Hall–Kier alpha value is -4.66. The molecule has 2 N–H and O–H groups in total. The van der Waals surface area contributed by atoms with Crippen molar-refractivity contribution < 1.29 is 33.4 Å². The van der Waals surface area contributed by atoms with Crippen molar-refractivity contribution in [2.24, 2.45) is 0 Å². The Morgan fingerprint density at radius 1 is 0.771 bits per heavy atom. The molecular formula is C26H24N2O7. The lowest BCUT2D eigenvalue weighted by Gasteiger charge is -2.11. The first-order chi connectivity index (χ1) is 16.9. The highest BCUT2D eigenvalue weighted by Gasteiger charge is 2.16. The summed E-state index contributed by atoms with van der Waals surface area (Å²) < 4.78 is 15.2. The molecule has 0 fully saturated rings. The zero-order valence-corrected chi connectivity index (χ0v) is 19.2. The average molecular weight is 476 g/mol. The van der Waals surface area contributed by atoms with E-state index in [0.29, 0.717) is 28.3 Å². The molecule has 0 radical (unpaired) electrons. The number of esters is 1. The number of carbonyl (C=O) groups excluding carboxylic acids is 4. The molecule has 3 aromatic carbocycles. The van der Waals surface area contributed by atoms with E-state index < -0.39 is 30.9 Å². The van der Waals surface area contributed by atoms with Crippen LogP contribution in [0.5, 0.6) is 11.5 Å². The molecule has 3 rings (SSSR count). The van der Waals surface area contributed by atoms with E-state index in [1.807, 2.05) is 0 Å². The number of para-hydroxylation sites is 1. The first-order valence-corrected chi connectivity index (χ1v) is 10.6. The van der Waals surface area contributed by atoms with Gasteiger partial charge in [0.05, 0.1) is 19.9 Å². The van der Waals surface area contributed by atoms with Gasteiger partial charge in [0, 0.05) is 22.8 Å². The van der Waals surface area contributed by atoms with Crippen LogP contribution >= 0.6 is 0 Å². The van der Waals surface area contributed by atoms with Gasteiger partial charge in [-0.15, -0.1) is 0 Å². The van der Waals surface area contributed by atoms with Crippen molar-refractivity contribution in [3.63, 3.8) is 0 Å². The maximum absolute atomic E-state index is 12.8. The molecule has 0 heterocycles. The number of carbonyl (C=O) groups is 4. The summed E-state index contributed by atoms with van der Waals surface area (Å²) in [4.78, 5) is 49.4. The summed E-state index contributed by atoms with van der Waals surface area (Å²) in [6.07, 6.45) is 0. The summed E-state index contributed by atoms with van der Waals surface area (Å²) >= 11 is 0. The molecule has 0 aromatic heterocycles. The van der Waals surface area contributed by atoms with Crippen LogP contribution in [-0.4, -0.2) is 50.9 Å². The van der Waals surface area contributed by atoms with Crippen molar-refractivity contribution in [2.45, 2.75) is 0 Å². The van der Waals surface area contributed by atoms with Gasteiger partial charge in [0.25, 0.3) is 11.8 Å². The lowest BCUT2D eigenvalue weighted by atomic mass is 10.0. The number of nitrogens with one attached hydrogen (secondary N) is 2. The van der Waals surface area contributed by atoms with E-state index >= 15 is 0 Å². The van der Waals surface area contributed by atoms with E-state index in [1.165, 1.54) is 26.4 Å². The van der Waals surface area contributed by atoms with Crippen LogP contribution in [0.2, 0.25) is 0 Å². The van der Waals surface area contributed by atoms with Crippen LogP contribution < -0.4 is 20.1 Å². The number of hydrogen-bond donors (Lipinski definition) is 2. The Morgan fingerprint density at radius 3 is 2.06 bits per heavy atom. The quantitative estimate of drug-likeness (QED) is 0.341. The van der Waals surface area contributed by atoms with Crippen LogP contribution in [0.15, 0.2) is 72.8 Å². The monoisotopic (exact) mass is 476 g/mol. The van der Waals surface area contributed by atoms with Crippen LogP contribution in [-0.2, 0) is 14.3 Å². The number of ketones is 1. The highest BCUT2D eigenvalue weighted by atomic mass is 16.5. The second-order valence-electron chi connectivity index (χ2n) is 7.23. The second-order valence-corrected chi connectivity index (χ2v) is 7.23. The van der Waals surface area contributed by atoms with Gasteiger partial charge >= 0.3 is 5.97 Å². The van der Waals surface area contributed by atoms with Gasteiger partial charge in [-0.1, -0.05) is 42.5 Å². The molecule has 2 amide bonds. The van der Waals surface area contributed by atoms with E-state index in [4.69, 9.17) is 14.2 Å². The van der Waals surface area contributed by atoms with Crippen LogP contribution in [0.1, 0.15) is 26.3 Å². The third-order valence-electron chi connectivity index (χ3n) is 4.85. The number of amides is 2. The highest BCUT2D eigenvalue weighted by Crippen LogP contribution is 2.22. The fourth-order valence-electron chi connectivity index (χ4n) is 3.11. The van der Waals surface area contributed by atoms with Crippen LogP contribution in [0, 0.1) is 0 Å². The van der Waals surface area contributed by atoms with Gasteiger partial charge in [0.15, 0.2) is 12.4 Å². The molecule has 0 aliphatic heterocycles. The molecule has 0 aliphatic rings. The van der Waals surface area contributed by atoms with Gasteiger partial charge in [0.2, 0.25) is 0 Å². The fourth-order valence-corrected chi connectivity index (χ4v) is 3.11. The van der Waals surface area contributed by atoms with E-state index in [9.17, 15) is 19.2 Å². The van der Waals surface area contributed by atoms with Gasteiger partial charge in [-0.25, -0.2) is 0 Å². The minimum absolute atomic E-state index is 0.228. The third-order valence-corrected chi connectivity index (χ3v) is 4.85. The first-order valence-electron chi connectivity index (χ1n) is 10.6. The Morgan fingerprint density at radius 2 is 1.40 bits per heavy atom. The molecular weight excluding hydrogens is 452 g/mol. The van der Waals surface area contributed by atoms with Gasteiger partial charge in [-0.05, 0) is 24.3 Å². The van der Waals surface area contributed by atoms with E-state index in [1.54, 1.807) is 60.7 Å². The summed E-state index contributed by atoms with van der Waals surface area (Å²) in [5.74, 6) is -1.40. The average Bonchev–Trinajstić information content (AvgIpc) is 2.90. The SMILES string of the molecule is COc1cc(OC)cc(C(=O)NCC(=O)OCC(=O)Nc2ccccc2C(=O)c2ccccc2)c1. The summed E-state index contributed by atoms with van der Waals surface area (Å²) in [6, 6.07) is 19.8. The van der Waals surface area contributed by atoms with Crippen molar-refractivity contribution >= 4 is 29.3 Å². The van der Waals surface area contributed by atoms with Crippen molar-refractivity contribution in [2.75, 3.05) is 32.7 Å². The summed E-state index contributed by atoms with van der Waals surface area (Å²) in [5.41, 5.74) is 1.30. The Balaban J connectivity index is 1.52. The van der Waals surface area contributed by atoms with Crippen molar-refractivity contribution in [3.8, 4) is 11.5 Å². The summed E-state index contributed by atoms with van der Waals surface area (Å²) in [7, 11) is 2.91. The lowest BCUT2D eigenvalue weighted by molar-refractivity contribution is -0.146. The van der Waals surface area contributed by atoms with Gasteiger partial charge < -0.3 is 24.8 Å². The topological polar surface area (TPSA) is 120 Å². The van der Waals surface area contributed by atoms with Gasteiger partial charge in [-0.2, -0.15) is 0 Å². The molecule has 35 heavy (non-hydrogen) atoms. The van der Waals surface area contributed by atoms with E-state index in [2.05, 4.69) is 10.6 Å². The minimum atomic E-state index is -0.808. The number of anilines is 1. The van der Waals surface area contributed by atoms with Crippen LogP contribution in [0.25, 0.3) is 0 Å². The highest BCUT2D eigenvalue weighted by molar-refractivity contribution is 6.13. The normalized spacial score (nSPS) is 10.1. The summed E-state index contributed by atoms with van der Waals surface area (Å²) in [6.45, 7) is -1.04. The third kappa shape index (κ3) is 6.91. The van der Waals surface area contributed by atoms with Crippen molar-refractivity contribution in [3.05, 3.63) is 89.5 Å². The smallest absolute Gasteiger partial charge is 0.325 e. The number of methoxy groups -OCH3 is 2. The Kier molecular flexibility index (Phi) is 8.55. The van der Waals surface area contributed by atoms with Gasteiger partial charge in [-0.3, -0.25) is 19.2 Å². The lowest BCUT2D eigenvalue weighted by Crippen LogP contribution is -2.32. The summed E-state index contributed by atoms with van der Waals surface area (Å²) in [5, 5.41) is 5.00. The fraction of sp³-hybridized carbons (Fsp3) is 0.154. The zero-order valence-electron chi connectivity index (χ0n) is 19.2. The first kappa shape index (κ1) is 25.0. The molecule has 0 aliphatic carbocycles. The molecule has 0 saturated carbocycles. The Bertz CT molecular complexity index is 1200. The maximum atomic E-state index is 12.8. The Labute approximate surface area is 202 Å². The molecule has 3 aromatic rings. The second kappa shape index (κ2) is 12.0. The maximum Gasteiger partial charge on any atom is 0.325 e. The molecule has 0 unspecified atom stereocenters. The zero-order chi connectivity index (χ0) is 25.2. The number of rotatable bonds is 10. The number of ether oxygens (including phenoxy) is 3. The predicted molar refractivity (Wildman–Crippen MR) is 128 cm³/mol.